The Kier molecular flexibility index (Phi) is 10.5. The molecular formula is C37H39FN2O4S. The van der Waals surface area contributed by atoms with Crippen LogP contribution in [0, 0.1) is 11.7 Å². The van der Waals surface area contributed by atoms with Gasteiger partial charge in [0.05, 0.1) is 6.61 Å². The van der Waals surface area contributed by atoms with Crippen molar-refractivity contribution >= 4 is 22.1 Å². The Bertz CT molecular complexity index is 1640. The summed E-state index contributed by atoms with van der Waals surface area (Å²) in [6.07, 6.45) is 2.09. The molecule has 2 N–H and O–H groups in total. The molecule has 2 aliphatic heterocycles. The first-order chi connectivity index (χ1) is 22.2. The van der Waals surface area contributed by atoms with Crippen LogP contribution in [0.25, 0.3) is 10.8 Å². The quantitative estimate of drug-likeness (QED) is 0.164. The van der Waals surface area contributed by atoms with E-state index in [1.807, 2.05) is 37.4 Å². The van der Waals surface area contributed by atoms with E-state index in [1.165, 1.54) is 33.3 Å². The molecule has 3 atom stereocenters. The lowest BCUT2D eigenvalue weighted by atomic mass is 9.81. The second kappa shape index (κ2) is 15.3. The molecule has 0 radical (unpaired) electrons. The van der Waals surface area contributed by atoms with E-state index in [0.29, 0.717) is 18.4 Å². The van der Waals surface area contributed by atoms with Crippen molar-refractivity contribution in [3.8, 4) is 23.0 Å². The number of ether oxygens (including phenoxy) is 4. The summed E-state index contributed by atoms with van der Waals surface area (Å²) in [5.41, 5.74) is 1.18. The summed E-state index contributed by atoms with van der Waals surface area (Å²) >= 11 is 1.75. The fraction of sp³-hybridized carbons (Fsp3) is 0.297. The molecule has 4 aromatic carbocycles. The summed E-state index contributed by atoms with van der Waals surface area (Å²) in [7, 11) is 1.98. The standard InChI is InChI=1S/C19H20FNO3.C18H19NOS/c20-15-3-1-13(2-4-15)17-7-8-21-10-14(17)11-22-16-5-6-18-19(9-16)24-12-23-18;1-19-12-11-17(18-10-5-13-21-18)20-16-9-4-7-14-6-2-3-8-15(14)16/h1-6,9,14,17,21H,7-8,10-12H2;2-10,13,17,19H,11-12H2,1H3/t14-,17-;17-/m00/s1. The number of hydrogen-bond acceptors (Lipinski definition) is 7. The number of benzene rings is 4. The maximum absolute atomic E-state index is 13.2. The molecule has 0 bridgehead atoms. The van der Waals surface area contributed by atoms with Gasteiger partial charge in [0, 0.05) is 35.2 Å². The van der Waals surface area contributed by atoms with Crippen LogP contribution in [0.1, 0.15) is 35.3 Å². The van der Waals surface area contributed by atoms with Crippen LogP contribution in [0.5, 0.6) is 23.0 Å². The maximum atomic E-state index is 13.2. The van der Waals surface area contributed by atoms with Crippen molar-refractivity contribution in [2.75, 3.05) is 40.1 Å². The van der Waals surface area contributed by atoms with Gasteiger partial charge in [-0.1, -0.05) is 54.6 Å². The lowest BCUT2D eigenvalue weighted by Crippen LogP contribution is -2.38. The first-order valence-corrected chi connectivity index (χ1v) is 16.4. The molecule has 5 aromatic rings. The third-order valence-corrected chi connectivity index (χ3v) is 9.21. The van der Waals surface area contributed by atoms with Gasteiger partial charge in [-0.25, -0.2) is 4.39 Å². The molecule has 8 heteroatoms. The van der Waals surface area contributed by atoms with E-state index < -0.39 is 0 Å². The molecule has 0 amide bonds. The van der Waals surface area contributed by atoms with Crippen LogP contribution in [-0.4, -0.2) is 40.1 Å². The second-order valence-electron chi connectivity index (χ2n) is 11.2. The monoisotopic (exact) mass is 626 g/mol. The van der Waals surface area contributed by atoms with Gasteiger partial charge in [-0.15, -0.1) is 11.3 Å². The minimum absolute atomic E-state index is 0.100. The maximum Gasteiger partial charge on any atom is 0.231 e. The molecule has 2 aliphatic rings. The summed E-state index contributed by atoms with van der Waals surface area (Å²) in [4.78, 5) is 1.28. The highest BCUT2D eigenvalue weighted by molar-refractivity contribution is 7.10. The van der Waals surface area contributed by atoms with Crippen LogP contribution in [0.15, 0.2) is 102 Å². The third-order valence-electron chi connectivity index (χ3n) is 8.25. The number of nitrogens with one attached hydrogen (secondary N) is 2. The van der Waals surface area contributed by atoms with Gasteiger partial charge in [-0.2, -0.15) is 0 Å². The molecule has 7 rings (SSSR count). The normalized spacial score (nSPS) is 17.7. The molecular weight excluding hydrogens is 587 g/mol. The van der Waals surface area contributed by atoms with Gasteiger partial charge < -0.3 is 29.6 Å². The van der Waals surface area contributed by atoms with Gasteiger partial charge in [0.1, 0.15) is 23.4 Å². The van der Waals surface area contributed by atoms with Crippen molar-refractivity contribution in [1.29, 1.82) is 0 Å². The van der Waals surface area contributed by atoms with Crippen LogP contribution < -0.4 is 29.6 Å². The zero-order valence-electron chi connectivity index (χ0n) is 25.4. The number of halogens is 1. The van der Waals surface area contributed by atoms with Gasteiger partial charge >= 0.3 is 0 Å². The Balaban J connectivity index is 0.000000160. The minimum atomic E-state index is -0.194. The molecule has 3 heterocycles. The zero-order chi connectivity index (χ0) is 30.8. The molecule has 1 saturated heterocycles. The smallest absolute Gasteiger partial charge is 0.231 e. The van der Waals surface area contributed by atoms with Crippen molar-refractivity contribution in [2.24, 2.45) is 5.92 Å². The Morgan fingerprint density at radius 2 is 1.80 bits per heavy atom. The molecule has 234 valence electrons. The molecule has 0 aliphatic carbocycles. The summed E-state index contributed by atoms with van der Waals surface area (Å²) in [5.74, 6) is 3.75. The second-order valence-corrected chi connectivity index (χ2v) is 12.2. The third kappa shape index (κ3) is 7.95. The largest absolute Gasteiger partial charge is 0.493 e. The van der Waals surface area contributed by atoms with Crippen molar-refractivity contribution in [3.63, 3.8) is 0 Å². The van der Waals surface area contributed by atoms with E-state index >= 15 is 0 Å². The first kappa shape index (κ1) is 30.9. The summed E-state index contributed by atoms with van der Waals surface area (Å²) in [6.45, 7) is 3.68. The zero-order valence-corrected chi connectivity index (χ0v) is 26.2. The number of fused-ring (bicyclic) bond motifs is 2. The predicted octanol–water partition coefficient (Wildman–Crippen LogP) is 7.96. The number of hydrogen-bond donors (Lipinski definition) is 2. The van der Waals surface area contributed by atoms with E-state index in [-0.39, 0.29) is 18.7 Å². The minimum Gasteiger partial charge on any atom is -0.493 e. The highest BCUT2D eigenvalue weighted by Gasteiger charge is 2.27. The SMILES string of the molecule is CNCC[C@H](Oc1cccc2ccccc12)c1cccs1.Fc1ccc([C@@H]2CCNC[C@H]2COc2ccc3c(c2)OCO3)cc1. The van der Waals surface area contributed by atoms with Crippen molar-refractivity contribution in [3.05, 3.63) is 119 Å². The Morgan fingerprint density at radius 1 is 0.956 bits per heavy atom. The van der Waals surface area contributed by atoms with E-state index in [1.54, 1.807) is 11.3 Å². The van der Waals surface area contributed by atoms with E-state index in [0.717, 1.165) is 55.5 Å². The Hall–Kier alpha value is -4.11. The fourth-order valence-electron chi connectivity index (χ4n) is 5.88. The van der Waals surface area contributed by atoms with Gasteiger partial charge in [0.15, 0.2) is 11.5 Å². The van der Waals surface area contributed by atoms with Crippen molar-refractivity contribution in [1.82, 2.24) is 10.6 Å². The predicted molar refractivity (Wildman–Crippen MR) is 178 cm³/mol. The van der Waals surface area contributed by atoms with Gasteiger partial charge in [-0.3, -0.25) is 0 Å². The van der Waals surface area contributed by atoms with Crippen LogP contribution in [0.3, 0.4) is 0 Å². The van der Waals surface area contributed by atoms with E-state index in [4.69, 9.17) is 18.9 Å². The van der Waals surface area contributed by atoms with Crippen LogP contribution in [-0.2, 0) is 0 Å². The average molecular weight is 627 g/mol. The Labute approximate surface area is 268 Å². The van der Waals surface area contributed by atoms with Gasteiger partial charge in [0.25, 0.3) is 0 Å². The first-order valence-electron chi connectivity index (χ1n) is 15.5. The van der Waals surface area contributed by atoms with Crippen molar-refractivity contribution in [2.45, 2.75) is 24.9 Å². The topological polar surface area (TPSA) is 61.0 Å². The van der Waals surface area contributed by atoms with Crippen LogP contribution >= 0.6 is 11.3 Å². The molecule has 1 fully saturated rings. The highest BCUT2D eigenvalue weighted by Crippen LogP contribution is 2.37. The molecule has 45 heavy (non-hydrogen) atoms. The Morgan fingerprint density at radius 3 is 2.64 bits per heavy atom. The van der Waals surface area contributed by atoms with E-state index in [9.17, 15) is 4.39 Å². The van der Waals surface area contributed by atoms with Crippen LogP contribution in [0.2, 0.25) is 0 Å². The fourth-order valence-corrected chi connectivity index (χ4v) is 6.67. The lowest BCUT2D eigenvalue weighted by molar-refractivity contribution is 0.173. The van der Waals surface area contributed by atoms with E-state index in [2.05, 4.69) is 70.6 Å². The highest BCUT2D eigenvalue weighted by atomic mass is 32.1. The summed E-state index contributed by atoms with van der Waals surface area (Å²) < 4.78 is 36.2. The summed E-state index contributed by atoms with van der Waals surface area (Å²) in [5, 5.41) is 11.1. The molecule has 0 unspecified atom stereocenters. The average Bonchev–Trinajstić information content (AvgIpc) is 3.79. The van der Waals surface area contributed by atoms with Gasteiger partial charge in [0.2, 0.25) is 6.79 Å². The molecule has 1 aromatic heterocycles. The van der Waals surface area contributed by atoms with Crippen LogP contribution in [0.4, 0.5) is 4.39 Å². The molecule has 0 saturated carbocycles. The number of rotatable bonds is 10. The molecule has 0 spiro atoms. The number of thiophene rings is 1. The van der Waals surface area contributed by atoms with Crippen molar-refractivity contribution < 1.29 is 23.3 Å². The summed E-state index contributed by atoms with van der Waals surface area (Å²) in [6, 6.07) is 31.3. The van der Waals surface area contributed by atoms with Gasteiger partial charge in [-0.05, 0) is 85.2 Å². The number of piperidine rings is 1. The lowest BCUT2D eigenvalue weighted by Gasteiger charge is -2.32. The molecule has 6 nitrogen and oxygen atoms in total.